The van der Waals surface area contributed by atoms with Crippen molar-refractivity contribution in [2.75, 3.05) is 12.3 Å². The van der Waals surface area contributed by atoms with Gasteiger partial charge in [0.15, 0.2) is 0 Å². The lowest BCUT2D eigenvalue weighted by Gasteiger charge is -2.31. The zero-order valence-corrected chi connectivity index (χ0v) is 22.2. The summed E-state index contributed by atoms with van der Waals surface area (Å²) in [6.45, 7) is 2.73. The van der Waals surface area contributed by atoms with Gasteiger partial charge in [0.25, 0.3) is 0 Å². The van der Waals surface area contributed by atoms with Crippen LogP contribution in [0.3, 0.4) is 0 Å². The highest BCUT2D eigenvalue weighted by Gasteiger charge is 2.30. The van der Waals surface area contributed by atoms with Crippen LogP contribution in [0.1, 0.15) is 23.6 Å². The van der Waals surface area contributed by atoms with Gasteiger partial charge in [-0.2, -0.15) is 0 Å². The molecule has 0 aliphatic heterocycles. The lowest BCUT2D eigenvalue weighted by Crippen LogP contribution is -2.51. The molecule has 178 valence electrons. The Balaban J connectivity index is 1.81. The molecular formula is C27H28BrClN2O2S. The molecule has 0 fully saturated rings. The second-order valence-electron chi connectivity index (χ2n) is 7.87. The maximum Gasteiger partial charge on any atom is 0.243 e. The van der Waals surface area contributed by atoms with Crippen molar-refractivity contribution in [1.29, 1.82) is 0 Å². The van der Waals surface area contributed by atoms with E-state index in [1.165, 1.54) is 0 Å². The van der Waals surface area contributed by atoms with Crippen LogP contribution in [0.5, 0.6) is 0 Å². The number of likely N-dealkylation sites (N-methyl/N-ethyl adjacent to an activating group) is 1. The lowest BCUT2D eigenvalue weighted by molar-refractivity contribution is -0.139. The Morgan fingerprint density at radius 3 is 2.24 bits per heavy atom. The maximum atomic E-state index is 13.5. The van der Waals surface area contributed by atoms with Gasteiger partial charge >= 0.3 is 0 Å². The predicted molar refractivity (Wildman–Crippen MR) is 145 cm³/mol. The summed E-state index contributed by atoms with van der Waals surface area (Å²) in [5.74, 6) is 0.794. The van der Waals surface area contributed by atoms with Gasteiger partial charge in [0.05, 0.1) is 5.75 Å². The fourth-order valence-corrected chi connectivity index (χ4v) is 4.81. The quantitative estimate of drug-likeness (QED) is 0.308. The van der Waals surface area contributed by atoms with Gasteiger partial charge in [-0.25, -0.2) is 0 Å². The normalized spacial score (nSPS) is 11.6. The summed E-state index contributed by atoms with van der Waals surface area (Å²) in [5, 5.41) is 3.55. The van der Waals surface area contributed by atoms with Gasteiger partial charge < -0.3 is 10.2 Å². The van der Waals surface area contributed by atoms with Crippen LogP contribution in [0.4, 0.5) is 0 Å². The van der Waals surface area contributed by atoms with Crippen LogP contribution in [-0.2, 0) is 28.3 Å². The van der Waals surface area contributed by atoms with Crippen molar-refractivity contribution in [3.63, 3.8) is 0 Å². The van der Waals surface area contributed by atoms with Gasteiger partial charge in [-0.15, -0.1) is 11.8 Å². The van der Waals surface area contributed by atoms with Crippen molar-refractivity contribution < 1.29 is 9.59 Å². The Hall–Kier alpha value is -2.28. The van der Waals surface area contributed by atoms with Crippen molar-refractivity contribution in [2.45, 2.75) is 31.7 Å². The van der Waals surface area contributed by atoms with Crippen LogP contribution in [0, 0.1) is 0 Å². The van der Waals surface area contributed by atoms with E-state index in [0.29, 0.717) is 24.5 Å². The van der Waals surface area contributed by atoms with Crippen LogP contribution in [-0.4, -0.2) is 35.1 Å². The molecular weight excluding hydrogens is 532 g/mol. The summed E-state index contributed by atoms with van der Waals surface area (Å²) in [7, 11) is 0. The van der Waals surface area contributed by atoms with Crippen molar-refractivity contribution in [1.82, 2.24) is 10.2 Å². The van der Waals surface area contributed by atoms with Crippen LogP contribution in [0.25, 0.3) is 0 Å². The molecule has 1 N–H and O–H groups in total. The number of amides is 2. The molecule has 0 unspecified atom stereocenters. The highest BCUT2D eigenvalue weighted by molar-refractivity contribution is 9.10. The molecule has 0 heterocycles. The van der Waals surface area contributed by atoms with E-state index in [2.05, 4.69) is 21.2 Å². The van der Waals surface area contributed by atoms with E-state index in [-0.39, 0.29) is 17.6 Å². The number of benzene rings is 3. The fourth-order valence-electron chi connectivity index (χ4n) is 3.55. The maximum absolute atomic E-state index is 13.5. The van der Waals surface area contributed by atoms with E-state index >= 15 is 0 Å². The van der Waals surface area contributed by atoms with Gasteiger partial charge in [-0.3, -0.25) is 9.59 Å². The minimum absolute atomic E-state index is 0.0655. The number of carbonyl (C=O) groups excluding carboxylic acids is 2. The van der Waals surface area contributed by atoms with Gasteiger partial charge in [-0.05, 0) is 47.9 Å². The van der Waals surface area contributed by atoms with Gasteiger partial charge in [0, 0.05) is 34.8 Å². The summed E-state index contributed by atoms with van der Waals surface area (Å²) >= 11 is 11.1. The number of nitrogens with zero attached hydrogens (tertiary/aromatic N) is 1. The van der Waals surface area contributed by atoms with Crippen molar-refractivity contribution in [3.05, 3.63) is 105 Å². The molecule has 7 heteroatoms. The molecule has 34 heavy (non-hydrogen) atoms. The van der Waals surface area contributed by atoms with E-state index < -0.39 is 6.04 Å². The average Bonchev–Trinajstić information content (AvgIpc) is 2.84. The number of nitrogens with one attached hydrogen (secondary N) is 1. The Labute approximate surface area is 219 Å². The first kappa shape index (κ1) is 26.3. The van der Waals surface area contributed by atoms with E-state index in [4.69, 9.17) is 11.6 Å². The molecule has 0 bridgehead atoms. The first-order valence-corrected chi connectivity index (χ1v) is 13.5. The third kappa shape index (κ3) is 8.19. The van der Waals surface area contributed by atoms with Gasteiger partial charge in [-0.1, -0.05) is 82.1 Å². The van der Waals surface area contributed by atoms with Crippen molar-refractivity contribution in [2.24, 2.45) is 0 Å². The third-order valence-corrected chi connectivity index (χ3v) is 7.06. The minimum atomic E-state index is -0.612. The molecule has 0 aromatic heterocycles. The van der Waals surface area contributed by atoms with Gasteiger partial charge in [0.1, 0.15) is 6.04 Å². The molecule has 0 saturated carbocycles. The van der Waals surface area contributed by atoms with Crippen molar-refractivity contribution in [3.8, 4) is 0 Å². The highest BCUT2D eigenvalue weighted by atomic mass is 79.9. The van der Waals surface area contributed by atoms with Crippen molar-refractivity contribution >= 4 is 51.1 Å². The van der Waals surface area contributed by atoms with Crippen LogP contribution in [0.15, 0.2) is 83.3 Å². The molecule has 0 radical (unpaired) electrons. The third-order valence-electron chi connectivity index (χ3n) is 5.30. The smallest absolute Gasteiger partial charge is 0.243 e. The molecule has 1 atom stereocenters. The Morgan fingerprint density at radius 2 is 1.59 bits per heavy atom. The average molecular weight is 560 g/mol. The van der Waals surface area contributed by atoms with Crippen LogP contribution >= 0.6 is 39.3 Å². The van der Waals surface area contributed by atoms with E-state index in [1.807, 2.05) is 73.7 Å². The molecule has 0 spiro atoms. The van der Waals surface area contributed by atoms with Crippen LogP contribution < -0.4 is 5.32 Å². The summed E-state index contributed by atoms with van der Waals surface area (Å²) in [6, 6.07) is 24.7. The molecule has 3 aromatic carbocycles. The van der Waals surface area contributed by atoms with Gasteiger partial charge in [0.2, 0.25) is 11.8 Å². The Bertz CT molecular complexity index is 1060. The molecule has 2 amide bonds. The Kier molecular flexibility index (Phi) is 10.5. The second-order valence-corrected chi connectivity index (χ2v) is 10.2. The second kappa shape index (κ2) is 13.6. The monoisotopic (exact) mass is 558 g/mol. The summed E-state index contributed by atoms with van der Waals surface area (Å²) in [6.07, 6.45) is 0.448. The first-order valence-electron chi connectivity index (χ1n) is 11.1. The fraction of sp³-hybridized carbons (Fsp3) is 0.259. The lowest BCUT2D eigenvalue weighted by atomic mass is 10.0. The standard InChI is InChI=1S/C27H28BrClN2O2S/c1-2-30-27(33)25(16-20-6-4-3-5-7-20)31(17-21-10-14-24(29)15-11-21)26(32)19-34-18-22-8-12-23(28)13-9-22/h3-15,25H,2,16-19H2,1H3,(H,30,33)/t25-/m1/s1. The molecule has 4 nitrogen and oxygen atoms in total. The summed E-state index contributed by atoms with van der Waals surface area (Å²) < 4.78 is 1.03. The largest absolute Gasteiger partial charge is 0.355 e. The van der Waals surface area contributed by atoms with Crippen LogP contribution in [0.2, 0.25) is 5.02 Å². The molecule has 0 aliphatic carbocycles. The Morgan fingerprint density at radius 1 is 0.941 bits per heavy atom. The number of thioether (sulfide) groups is 1. The zero-order chi connectivity index (χ0) is 24.3. The number of rotatable bonds is 11. The van der Waals surface area contributed by atoms with E-state index in [0.717, 1.165) is 26.9 Å². The summed E-state index contributed by atoms with van der Waals surface area (Å²) in [4.78, 5) is 28.3. The zero-order valence-electron chi connectivity index (χ0n) is 19.0. The SMILES string of the molecule is CCNC(=O)[C@@H](Cc1ccccc1)N(Cc1ccc(Cl)cc1)C(=O)CSCc1ccc(Br)cc1. The number of carbonyl (C=O) groups is 2. The molecule has 3 rings (SSSR count). The minimum Gasteiger partial charge on any atom is -0.355 e. The highest BCUT2D eigenvalue weighted by Crippen LogP contribution is 2.20. The summed E-state index contributed by atoms with van der Waals surface area (Å²) in [5.41, 5.74) is 3.09. The van der Waals surface area contributed by atoms with E-state index in [1.54, 1.807) is 28.8 Å². The first-order chi connectivity index (χ1) is 16.5. The predicted octanol–water partition coefficient (Wildman–Crippen LogP) is 6.11. The number of hydrogen-bond donors (Lipinski definition) is 1. The topological polar surface area (TPSA) is 49.4 Å². The number of halogens is 2. The molecule has 0 aliphatic rings. The molecule has 0 saturated heterocycles. The molecule has 3 aromatic rings. The van der Waals surface area contributed by atoms with E-state index in [9.17, 15) is 9.59 Å². The number of hydrogen-bond acceptors (Lipinski definition) is 3.